The van der Waals surface area contributed by atoms with Crippen molar-refractivity contribution in [3.05, 3.63) is 72.4 Å². The number of hydrogen-bond acceptors (Lipinski definition) is 3. The van der Waals surface area contributed by atoms with E-state index in [4.69, 9.17) is 0 Å². The molecule has 0 saturated carbocycles. The Labute approximate surface area is 118 Å². The summed E-state index contributed by atoms with van der Waals surface area (Å²) >= 11 is 0. The second-order valence-electron chi connectivity index (χ2n) is 4.59. The number of nitrogens with one attached hydrogen (secondary N) is 1. The van der Waals surface area contributed by atoms with Crippen molar-refractivity contribution in [3.8, 4) is 5.82 Å². The van der Waals surface area contributed by atoms with Gasteiger partial charge in [0.15, 0.2) is 0 Å². The molecule has 3 aromatic rings. The smallest absolute Gasteiger partial charge is 0.138 e. The van der Waals surface area contributed by atoms with Crippen molar-refractivity contribution in [2.24, 2.45) is 0 Å². The van der Waals surface area contributed by atoms with Crippen LogP contribution in [0, 0.1) is 6.92 Å². The molecule has 0 aliphatic rings. The van der Waals surface area contributed by atoms with Gasteiger partial charge in [0.1, 0.15) is 11.6 Å². The van der Waals surface area contributed by atoms with Crippen molar-refractivity contribution in [2.45, 2.75) is 13.5 Å². The van der Waals surface area contributed by atoms with Gasteiger partial charge in [0.25, 0.3) is 0 Å². The number of pyridine rings is 1. The lowest BCUT2D eigenvalue weighted by atomic mass is 10.2. The van der Waals surface area contributed by atoms with E-state index in [1.165, 1.54) is 5.56 Å². The molecule has 1 aromatic carbocycles. The molecule has 4 nitrogen and oxygen atoms in total. The highest BCUT2D eigenvalue weighted by Crippen LogP contribution is 2.12. The Morgan fingerprint density at radius 2 is 1.90 bits per heavy atom. The molecule has 0 saturated heterocycles. The van der Waals surface area contributed by atoms with Crippen LogP contribution in [0.2, 0.25) is 0 Å². The lowest BCUT2D eigenvalue weighted by Crippen LogP contribution is -2.02. The first-order valence-corrected chi connectivity index (χ1v) is 6.57. The molecule has 4 heteroatoms. The zero-order valence-electron chi connectivity index (χ0n) is 11.3. The number of rotatable bonds is 4. The Kier molecular flexibility index (Phi) is 3.46. The molecular formula is C16H16N4. The molecule has 0 aliphatic carbocycles. The molecule has 0 unspecified atom stereocenters. The van der Waals surface area contributed by atoms with Crippen LogP contribution in [0.3, 0.4) is 0 Å². The van der Waals surface area contributed by atoms with Gasteiger partial charge < -0.3 is 5.32 Å². The second-order valence-corrected chi connectivity index (χ2v) is 4.59. The second kappa shape index (κ2) is 5.57. The van der Waals surface area contributed by atoms with Gasteiger partial charge in [-0.25, -0.2) is 9.97 Å². The lowest BCUT2D eigenvalue weighted by Gasteiger charge is -2.08. The van der Waals surface area contributed by atoms with Crippen molar-refractivity contribution in [3.63, 3.8) is 0 Å². The zero-order valence-corrected chi connectivity index (χ0v) is 11.3. The highest BCUT2D eigenvalue weighted by atomic mass is 15.1. The van der Waals surface area contributed by atoms with Crippen LogP contribution in [0.5, 0.6) is 0 Å². The Hall–Kier alpha value is -2.62. The minimum absolute atomic E-state index is 0.798. The Bertz CT molecular complexity index is 671. The molecular weight excluding hydrogens is 248 g/mol. The molecule has 20 heavy (non-hydrogen) atoms. The number of anilines is 1. The molecule has 0 aliphatic heterocycles. The van der Waals surface area contributed by atoms with E-state index in [2.05, 4.69) is 27.4 Å². The van der Waals surface area contributed by atoms with E-state index in [1.54, 1.807) is 6.20 Å². The van der Waals surface area contributed by atoms with Crippen LogP contribution in [0.25, 0.3) is 5.82 Å². The van der Waals surface area contributed by atoms with E-state index >= 15 is 0 Å². The van der Waals surface area contributed by atoms with E-state index < -0.39 is 0 Å². The van der Waals surface area contributed by atoms with Gasteiger partial charge >= 0.3 is 0 Å². The van der Waals surface area contributed by atoms with E-state index in [0.717, 1.165) is 23.9 Å². The Morgan fingerprint density at radius 3 is 2.55 bits per heavy atom. The maximum atomic E-state index is 4.45. The lowest BCUT2D eigenvalue weighted by molar-refractivity contribution is 0.932. The summed E-state index contributed by atoms with van der Waals surface area (Å²) < 4.78 is 1.96. The predicted molar refractivity (Wildman–Crippen MR) is 79.9 cm³/mol. The minimum atomic E-state index is 0.798. The minimum Gasteiger partial charge on any atom is -0.380 e. The summed E-state index contributed by atoms with van der Waals surface area (Å²) in [6.07, 6.45) is 5.53. The number of aromatic nitrogens is 3. The zero-order chi connectivity index (χ0) is 13.8. The fourth-order valence-corrected chi connectivity index (χ4v) is 2.05. The van der Waals surface area contributed by atoms with Crippen LogP contribution in [-0.2, 0) is 6.54 Å². The van der Waals surface area contributed by atoms with Gasteiger partial charge in [-0.15, -0.1) is 0 Å². The van der Waals surface area contributed by atoms with Gasteiger partial charge in [0, 0.05) is 18.9 Å². The average Bonchev–Trinajstić information content (AvgIpc) is 2.93. The first kappa shape index (κ1) is 12.4. The maximum Gasteiger partial charge on any atom is 0.138 e. The molecule has 1 N–H and O–H groups in total. The van der Waals surface area contributed by atoms with Crippen molar-refractivity contribution in [1.82, 2.24) is 14.5 Å². The van der Waals surface area contributed by atoms with Crippen molar-refractivity contribution >= 4 is 5.69 Å². The number of nitrogens with zero attached hydrogens (tertiary/aromatic N) is 3. The SMILES string of the molecule is Cc1nccn1-c1ccc(NCc2ccccc2)cn1. The van der Waals surface area contributed by atoms with Gasteiger partial charge in [-0.3, -0.25) is 4.57 Å². The summed E-state index contributed by atoms with van der Waals surface area (Å²) in [5.41, 5.74) is 2.26. The third-order valence-corrected chi connectivity index (χ3v) is 3.16. The molecule has 0 amide bonds. The van der Waals surface area contributed by atoms with Crippen LogP contribution in [0.1, 0.15) is 11.4 Å². The molecule has 2 aromatic heterocycles. The van der Waals surface area contributed by atoms with Gasteiger partial charge in [-0.1, -0.05) is 30.3 Å². The van der Waals surface area contributed by atoms with Crippen molar-refractivity contribution in [1.29, 1.82) is 0 Å². The highest BCUT2D eigenvalue weighted by molar-refractivity contribution is 5.44. The molecule has 0 spiro atoms. The van der Waals surface area contributed by atoms with Crippen LogP contribution >= 0.6 is 0 Å². The number of benzene rings is 1. The molecule has 0 bridgehead atoms. The highest BCUT2D eigenvalue weighted by Gasteiger charge is 2.01. The molecule has 3 rings (SSSR count). The van der Waals surface area contributed by atoms with Gasteiger partial charge in [-0.2, -0.15) is 0 Å². The standard InChI is InChI=1S/C16H16N4/c1-13-17-9-10-20(13)16-8-7-15(12-19-16)18-11-14-5-3-2-4-6-14/h2-10,12,18H,11H2,1H3. The molecule has 0 radical (unpaired) electrons. The van der Waals surface area contributed by atoms with E-state index in [-0.39, 0.29) is 0 Å². The third kappa shape index (κ3) is 2.69. The van der Waals surface area contributed by atoms with Crippen molar-refractivity contribution in [2.75, 3.05) is 5.32 Å². The summed E-state index contributed by atoms with van der Waals surface area (Å²) in [4.78, 5) is 8.65. The summed E-state index contributed by atoms with van der Waals surface area (Å²) in [7, 11) is 0. The van der Waals surface area contributed by atoms with Gasteiger partial charge in [0.05, 0.1) is 11.9 Å². The first-order chi connectivity index (χ1) is 9.83. The predicted octanol–water partition coefficient (Wildman–Crippen LogP) is 3.19. The monoisotopic (exact) mass is 264 g/mol. The van der Waals surface area contributed by atoms with Crippen LogP contribution in [-0.4, -0.2) is 14.5 Å². The summed E-state index contributed by atoms with van der Waals surface area (Å²) in [5, 5.41) is 3.36. The Morgan fingerprint density at radius 1 is 1.05 bits per heavy atom. The molecule has 100 valence electrons. The van der Waals surface area contributed by atoms with Crippen LogP contribution < -0.4 is 5.32 Å². The molecule has 0 fully saturated rings. The first-order valence-electron chi connectivity index (χ1n) is 6.57. The fraction of sp³-hybridized carbons (Fsp3) is 0.125. The van der Waals surface area contributed by atoms with Crippen LogP contribution in [0.15, 0.2) is 61.1 Å². The number of hydrogen-bond donors (Lipinski definition) is 1. The summed E-state index contributed by atoms with van der Waals surface area (Å²) in [5.74, 6) is 1.81. The maximum absolute atomic E-state index is 4.45. The third-order valence-electron chi connectivity index (χ3n) is 3.16. The largest absolute Gasteiger partial charge is 0.380 e. The van der Waals surface area contributed by atoms with E-state index in [1.807, 2.05) is 54.2 Å². The normalized spacial score (nSPS) is 10.4. The number of aryl methyl sites for hydroxylation is 1. The quantitative estimate of drug-likeness (QED) is 0.787. The summed E-state index contributed by atoms with van der Waals surface area (Å²) in [6, 6.07) is 14.3. The van der Waals surface area contributed by atoms with Gasteiger partial charge in [0.2, 0.25) is 0 Å². The van der Waals surface area contributed by atoms with E-state index in [0.29, 0.717) is 0 Å². The molecule has 2 heterocycles. The topological polar surface area (TPSA) is 42.7 Å². The Balaban J connectivity index is 1.69. The summed E-state index contributed by atoms with van der Waals surface area (Å²) in [6.45, 7) is 2.76. The van der Waals surface area contributed by atoms with Gasteiger partial charge in [-0.05, 0) is 24.6 Å². The number of imidazole rings is 1. The average molecular weight is 264 g/mol. The van der Waals surface area contributed by atoms with Crippen LogP contribution in [0.4, 0.5) is 5.69 Å². The van der Waals surface area contributed by atoms with Crippen molar-refractivity contribution < 1.29 is 0 Å². The molecule has 0 atom stereocenters. The van der Waals surface area contributed by atoms with E-state index in [9.17, 15) is 0 Å². The fourth-order valence-electron chi connectivity index (χ4n) is 2.05.